The first-order valence-electron chi connectivity index (χ1n) is 11.5. The standard InChI is InChI=1S/2C16H13N.Ir/c2*1-12-11-16(13-7-3-2-4-8-13)17-15-10-6-5-9-14(12)15;/h2*2-11H,1H3;/q;;+3. The quantitative estimate of drug-likeness (QED) is 0.192. The number of fused-ring (bicyclic) bond motifs is 2. The second-order valence-electron chi connectivity index (χ2n) is 8.42. The van der Waals surface area contributed by atoms with Gasteiger partial charge >= 0.3 is 20.1 Å². The Labute approximate surface area is 220 Å². The Morgan fingerprint density at radius 2 is 0.771 bits per heavy atom. The third-order valence-electron chi connectivity index (χ3n) is 5.99. The zero-order valence-electron chi connectivity index (χ0n) is 19.8. The maximum atomic E-state index is 4.71. The molecule has 0 aliphatic rings. The van der Waals surface area contributed by atoms with Crippen molar-refractivity contribution in [3.63, 3.8) is 0 Å². The van der Waals surface area contributed by atoms with Crippen molar-refractivity contribution < 1.29 is 20.1 Å². The summed E-state index contributed by atoms with van der Waals surface area (Å²) in [5.74, 6) is 0. The van der Waals surface area contributed by atoms with Gasteiger partial charge in [-0.1, -0.05) is 97.1 Å². The van der Waals surface area contributed by atoms with Gasteiger partial charge in [-0.2, -0.15) is 0 Å². The van der Waals surface area contributed by atoms with E-state index in [1.807, 2.05) is 48.5 Å². The van der Waals surface area contributed by atoms with Crippen LogP contribution in [0.5, 0.6) is 0 Å². The van der Waals surface area contributed by atoms with Crippen LogP contribution in [0.3, 0.4) is 0 Å². The van der Waals surface area contributed by atoms with Gasteiger partial charge in [0.25, 0.3) is 0 Å². The van der Waals surface area contributed by atoms with E-state index < -0.39 is 0 Å². The second kappa shape index (κ2) is 11.2. The van der Waals surface area contributed by atoms with Crippen molar-refractivity contribution in [3.05, 3.63) is 132 Å². The molecule has 0 aliphatic heterocycles. The molecule has 0 N–H and O–H groups in total. The van der Waals surface area contributed by atoms with E-state index >= 15 is 0 Å². The molecule has 3 heteroatoms. The van der Waals surface area contributed by atoms with Crippen LogP contribution in [0.1, 0.15) is 11.1 Å². The van der Waals surface area contributed by atoms with Crippen LogP contribution in [0, 0.1) is 13.8 Å². The van der Waals surface area contributed by atoms with Crippen LogP contribution in [-0.4, -0.2) is 9.97 Å². The summed E-state index contributed by atoms with van der Waals surface area (Å²) in [6.45, 7) is 4.27. The molecule has 0 unspecified atom stereocenters. The fourth-order valence-electron chi connectivity index (χ4n) is 4.21. The second-order valence-corrected chi connectivity index (χ2v) is 8.42. The third kappa shape index (κ3) is 5.54. The minimum absolute atomic E-state index is 0. The van der Waals surface area contributed by atoms with Crippen LogP contribution in [0.2, 0.25) is 0 Å². The third-order valence-corrected chi connectivity index (χ3v) is 5.99. The maximum Gasteiger partial charge on any atom is 3.00 e. The number of para-hydroxylation sites is 2. The van der Waals surface area contributed by atoms with Gasteiger partial charge < -0.3 is 0 Å². The van der Waals surface area contributed by atoms with Crippen LogP contribution in [0.25, 0.3) is 44.3 Å². The Bertz CT molecular complexity index is 1440. The predicted molar refractivity (Wildman–Crippen MR) is 144 cm³/mol. The topological polar surface area (TPSA) is 25.8 Å². The van der Waals surface area contributed by atoms with Crippen molar-refractivity contribution in [2.24, 2.45) is 0 Å². The molecular weight excluding hydrogens is 605 g/mol. The molecule has 0 bridgehead atoms. The Morgan fingerprint density at radius 3 is 1.17 bits per heavy atom. The number of pyridine rings is 2. The maximum absolute atomic E-state index is 4.71. The summed E-state index contributed by atoms with van der Waals surface area (Å²) in [4.78, 5) is 9.41. The van der Waals surface area contributed by atoms with Crippen molar-refractivity contribution in [3.8, 4) is 22.5 Å². The number of aryl methyl sites for hydroxylation is 2. The smallest absolute Gasteiger partial charge is 0.248 e. The molecule has 35 heavy (non-hydrogen) atoms. The molecule has 0 saturated carbocycles. The zero-order chi connectivity index (χ0) is 23.3. The molecule has 2 aromatic heterocycles. The van der Waals surface area contributed by atoms with Gasteiger partial charge in [-0.15, -0.1) is 0 Å². The van der Waals surface area contributed by atoms with Crippen LogP contribution >= 0.6 is 0 Å². The van der Waals surface area contributed by atoms with E-state index in [-0.39, 0.29) is 20.1 Å². The van der Waals surface area contributed by atoms with Crippen LogP contribution < -0.4 is 0 Å². The fraction of sp³-hybridized carbons (Fsp3) is 0.0625. The number of aromatic nitrogens is 2. The van der Waals surface area contributed by atoms with Crippen LogP contribution in [-0.2, 0) is 20.1 Å². The van der Waals surface area contributed by atoms with Crippen LogP contribution in [0.4, 0.5) is 0 Å². The largest absolute Gasteiger partial charge is 3.00 e. The number of hydrogen-bond donors (Lipinski definition) is 0. The van der Waals surface area contributed by atoms with Gasteiger partial charge in [0, 0.05) is 21.9 Å². The number of nitrogens with zero attached hydrogens (tertiary/aromatic N) is 2. The average Bonchev–Trinajstić information content (AvgIpc) is 2.90. The van der Waals surface area contributed by atoms with Crippen molar-refractivity contribution in [1.82, 2.24) is 9.97 Å². The number of rotatable bonds is 2. The number of hydrogen-bond acceptors (Lipinski definition) is 2. The molecule has 0 amide bonds. The number of benzene rings is 4. The molecule has 0 spiro atoms. The summed E-state index contributed by atoms with van der Waals surface area (Å²) < 4.78 is 0. The van der Waals surface area contributed by atoms with E-state index in [0.717, 1.165) is 22.4 Å². The van der Waals surface area contributed by atoms with Crippen molar-refractivity contribution in [2.45, 2.75) is 13.8 Å². The van der Waals surface area contributed by atoms with Gasteiger partial charge in [-0.25, -0.2) is 9.97 Å². The van der Waals surface area contributed by atoms with Crippen molar-refractivity contribution in [2.75, 3.05) is 0 Å². The SMILES string of the molecule is Cc1cc(-c2ccccc2)nc2ccccc12.Cc1cc(-c2ccccc2)nc2ccccc12.[Ir+3]. The van der Waals surface area contributed by atoms with Gasteiger partial charge in [0.1, 0.15) is 0 Å². The minimum Gasteiger partial charge on any atom is -0.248 e. The summed E-state index contributed by atoms with van der Waals surface area (Å²) in [5.41, 5.74) is 9.09. The molecule has 6 rings (SSSR count). The first kappa shape index (κ1) is 24.5. The molecule has 0 radical (unpaired) electrons. The van der Waals surface area contributed by atoms with Gasteiger partial charge in [0.05, 0.1) is 22.4 Å². The summed E-state index contributed by atoms with van der Waals surface area (Å²) in [7, 11) is 0. The van der Waals surface area contributed by atoms with E-state index in [1.165, 1.54) is 33.0 Å². The predicted octanol–water partition coefficient (Wildman–Crippen LogP) is 8.42. The Hall–Kier alpha value is -3.65. The Kier molecular flexibility index (Phi) is 7.82. The van der Waals surface area contributed by atoms with Gasteiger partial charge in [0.2, 0.25) is 0 Å². The monoisotopic (exact) mass is 631 g/mol. The molecule has 0 saturated heterocycles. The van der Waals surface area contributed by atoms with E-state index in [2.05, 4.69) is 86.6 Å². The van der Waals surface area contributed by atoms with Crippen molar-refractivity contribution in [1.29, 1.82) is 0 Å². The van der Waals surface area contributed by atoms with E-state index in [9.17, 15) is 0 Å². The molecule has 2 nitrogen and oxygen atoms in total. The summed E-state index contributed by atoms with van der Waals surface area (Å²) in [6, 6.07) is 41.4. The van der Waals surface area contributed by atoms with Gasteiger partial charge in [0.15, 0.2) is 0 Å². The normalized spacial score (nSPS) is 10.3. The summed E-state index contributed by atoms with van der Waals surface area (Å²) in [6.07, 6.45) is 0. The molecule has 2 heterocycles. The van der Waals surface area contributed by atoms with E-state index in [0.29, 0.717) is 0 Å². The zero-order valence-corrected chi connectivity index (χ0v) is 22.2. The van der Waals surface area contributed by atoms with Crippen LogP contribution in [0.15, 0.2) is 121 Å². The van der Waals surface area contributed by atoms with E-state index in [4.69, 9.17) is 9.97 Å². The summed E-state index contributed by atoms with van der Waals surface area (Å²) >= 11 is 0. The molecule has 170 valence electrons. The van der Waals surface area contributed by atoms with Gasteiger partial charge in [-0.3, -0.25) is 0 Å². The molecule has 6 aromatic rings. The minimum atomic E-state index is 0. The Morgan fingerprint density at radius 1 is 0.429 bits per heavy atom. The molecule has 4 aromatic carbocycles. The fourth-order valence-corrected chi connectivity index (χ4v) is 4.21. The first-order chi connectivity index (χ1) is 16.7. The Balaban J connectivity index is 0.000000160. The summed E-state index contributed by atoms with van der Waals surface area (Å²) in [5, 5.41) is 2.46. The van der Waals surface area contributed by atoms with E-state index in [1.54, 1.807) is 0 Å². The first-order valence-corrected chi connectivity index (χ1v) is 11.5. The molecule has 0 atom stereocenters. The molecular formula is C32H26IrN2+3. The molecule has 0 aliphatic carbocycles. The average molecular weight is 631 g/mol. The van der Waals surface area contributed by atoms with Gasteiger partial charge in [-0.05, 0) is 49.2 Å². The molecule has 0 fully saturated rings. The van der Waals surface area contributed by atoms with Crippen molar-refractivity contribution >= 4 is 21.8 Å².